The van der Waals surface area contributed by atoms with Gasteiger partial charge in [0, 0.05) is 12.6 Å². The summed E-state index contributed by atoms with van der Waals surface area (Å²) in [5, 5.41) is 2.46. The standard InChI is InChI=1S/C14H19F2N3O.ClH/c15-11-3-4-13(12(16)6-11)18-14(20)9-19-5-1-2-10(7-17)8-19;/h3-4,6,10H,1-2,5,7-9,17H2,(H,18,20);1H. The number of amides is 1. The molecule has 1 amide bonds. The van der Waals surface area contributed by atoms with Gasteiger partial charge in [-0.2, -0.15) is 0 Å². The number of anilines is 1. The van der Waals surface area contributed by atoms with E-state index in [-0.39, 0.29) is 30.5 Å². The molecule has 1 saturated heterocycles. The van der Waals surface area contributed by atoms with E-state index in [9.17, 15) is 13.6 Å². The van der Waals surface area contributed by atoms with Crippen molar-refractivity contribution in [2.24, 2.45) is 11.7 Å². The molecule has 1 aromatic rings. The SMILES string of the molecule is Cl.NCC1CCCN(CC(=O)Nc2ccc(F)cc2F)C1. The van der Waals surface area contributed by atoms with Gasteiger partial charge in [-0.05, 0) is 44.0 Å². The molecule has 21 heavy (non-hydrogen) atoms. The molecular weight excluding hydrogens is 300 g/mol. The smallest absolute Gasteiger partial charge is 0.238 e. The Balaban J connectivity index is 0.00000220. The van der Waals surface area contributed by atoms with Crippen molar-refractivity contribution in [1.82, 2.24) is 4.90 Å². The lowest BCUT2D eigenvalue weighted by Gasteiger charge is -2.31. The van der Waals surface area contributed by atoms with Crippen LogP contribution < -0.4 is 11.1 Å². The molecule has 0 saturated carbocycles. The van der Waals surface area contributed by atoms with Gasteiger partial charge in [-0.15, -0.1) is 12.4 Å². The van der Waals surface area contributed by atoms with Crippen LogP contribution in [0.2, 0.25) is 0 Å². The van der Waals surface area contributed by atoms with Crippen molar-refractivity contribution in [3.05, 3.63) is 29.8 Å². The van der Waals surface area contributed by atoms with Crippen LogP contribution in [-0.2, 0) is 4.79 Å². The number of carbonyl (C=O) groups excluding carboxylic acids is 1. The fourth-order valence-corrected chi connectivity index (χ4v) is 2.47. The monoisotopic (exact) mass is 319 g/mol. The Bertz CT molecular complexity index is 487. The second-order valence-electron chi connectivity index (χ2n) is 5.15. The number of nitrogens with zero attached hydrogens (tertiary/aromatic N) is 1. The van der Waals surface area contributed by atoms with Gasteiger partial charge in [0.25, 0.3) is 0 Å². The first-order valence-corrected chi connectivity index (χ1v) is 6.76. The largest absolute Gasteiger partial charge is 0.330 e. The zero-order valence-electron chi connectivity index (χ0n) is 11.6. The van der Waals surface area contributed by atoms with Crippen molar-refractivity contribution in [2.45, 2.75) is 12.8 Å². The van der Waals surface area contributed by atoms with E-state index < -0.39 is 11.6 Å². The van der Waals surface area contributed by atoms with Crippen LogP contribution in [0.3, 0.4) is 0 Å². The van der Waals surface area contributed by atoms with Crippen LogP contribution in [0, 0.1) is 17.6 Å². The van der Waals surface area contributed by atoms with Crippen LogP contribution in [0.15, 0.2) is 18.2 Å². The molecule has 0 spiro atoms. The Morgan fingerprint density at radius 2 is 2.19 bits per heavy atom. The Hall–Kier alpha value is -1.24. The third-order valence-electron chi connectivity index (χ3n) is 3.51. The molecule has 118 valence electrons. The molecule has 1 aliphatic heterocycles. The number of nitrogens with two attached hydrogens (primary N) is 1. The maximum atomic E-state index is 13.4. The fraction of sp³-hybridized carbons (Fsp3) is 0.500. The highest BCUT2D eigenvalue weighted by molar-refractivity contribution is 5.92. The number of rotatable bonds is 4. The molecule has 1 fully saturated rings. The summed E-state index contributed by atoms with van der Waals surface area (Å²) < 4.78 is 26.2. The second kappa shape index (κ2) is 8.26. The van der Waals surface area contributed by atoms with E-state index in [2.05, 4.69) is 5.32 Å². The van der Waals surface area contributed by atoms with Gasteiger partial charge in [0.05, 0.1) is 12.2 Å². The number of carbonyl (C=O) groups is 1. The molecule has 1 unspecified atom stereocenters. The average molecular weight is 320 g/mol. The summed E-state index contributed by atoms with van der Waals surface area (Å²) in [5.41, 5.74) is 5.65. The molecule has 2 rings (SSSR count). The lowest BCUT2D eigenvalue weighted by molar-refractivity contribution is -0.117. The zero-order valence-corrected chi connectivity index (χ0v) is 12.5. The predicted molar refractivity (Wildman–Crippen MR) is 80.5 cm³/mol. The van der Waals surface area contributed by atoms with Gasteiger partial charge in [-0.3, -0.25) is 9.69 Å². The second-order valence-corrected chi connectivity index (χ2v) is 5.15. The van der Waals surface area contributed by atoms with Crippen molar-refractivity contribution in [3.63, 3.8) is 0 Å². The Kier molecular flexibility index (Phi) is 7.01. The third kappa shape index (κ3) is 5.22. The summed E-state index contributed by atoms with van der Waals surface area (Å²) in [5.74, 6) is -1.31. The lowest BCUT2D eigenvalue weighted by atomic mass is 9.98. The number of hydrogen-bond donors (Lipinski definition) is 2. The molecule has 1 atom stereocenters. The van der Waals surface area contributed by atoms with E-state index in [0.717, 1.165) is 38.1 Å². The first-order chi connectivity index (χ1) is 9.58. The summed E-state index contributed by atoms with van der Waals surface area (Å²) in [4.78, 5) is 13.9. The molecule has 4 nitrogen and oxygen atoms in total. The number of nitrogens with one attached hydrogen (secondary N) is 1. The summed E-state index contributed by atoms with van der Waals surface area (Å²) in [7, 11) is 0. The Morgan fingerprint density at radius 3 is 2.86 bits per heavy atom. The minimum absolute atomic E-state index is 0. The molecule has 1 aromatic carbocycles. The molecule has 1 heterocycles. The summed E-state index contributed by atoms with van der Waals surface area (Å²) >= 11 is 0. The molecule has 0 radical (unpaired) electrons. The van der Waals surface area contributed by atoms with Crippen LogP contribution in [0.25, 0.3) is 0 Å². The highest BCUT2D eigenvalue weighted by atomic mass is 35.5. The minimum atomic E-state index is -0.767. The third-order valence-corrected chi connectivity index (χ3v) is 3.51. The van der Waals surface area contributed by atoms with Gasteiger partial charge < -0.3 is 11.1 Å². The van der Waals surface area contributed by atoms with E-state index in [1.807, 2.05) is 4.90 Å². The number of piperidine rings is 1. The van der Waals surface area contributed by atoms with E-state index >= 15 is 0 Å². The van der Waals surface area contributed by atoms with E-state index in [4.69, 9.17) is 5.73 Å². The average Bonchev–Trinajstić information content (AvgIpc) is 2.42. The first kappa shape index (κ1) is 17.8. The van der Waals surface area contributed by atoms with Crippen LogP contribution in [0.4, 0.5) is 14.5 Å². The van der Waals surface area contributed by atoms with Gasteiger partial charge >= 0.3 is 0 Å². The Morgan fingerprint density at radius 1 is 1.43 bits per heavy atom. The Labute approximate surface area is 129 Å². The highest BCUT2D eigenvalue weighted by Crippen LogP contribution is 2.17. The summed E-state index contributed by atoms with van der Waals surface area (Å²) in [6, 6.07) is 3.09. The topological polar surface area (TPSA) is 58.4 Å². The maximum absolute atomic E-state index is 13.4. The number of benzene rings is 1. The molecule has 3 N–H and O–H groups in total. The van der Waals surface area contributed by atoms with E-state index in [1.165, 1.54) is 6.07 Å². The van der Waals surface area contributed by atoms with Crippen LogP contribution in [0.5, 0.6) is 0 Å². The van der Waals surface area contributed by atoms with Gasteiger partial charge in [0.15, 0.2) is 0 Å². The van der Waals surface area contributed by atoms with Gasteiger partial charge in [-0.1, -0.05) is 0 Å². The maximum Gasteiger partial charge on any atom is 0.238 e. The zero-order chi connectivity index (χ0) is 14.5. The van der Waals surface area contributed by atoms with Crippen LogP contribution >= 0.6 is 12.4 Å². The van der Waals surface area contributed by atoms with Gasteiger partial charge in [0.2, 0.25) is 5.91 Å². The van der Waals surface area contributed by atoms with E-state index in [0.29, 0.717) is 12.5 Å². The van der Waals surface area contributed by atoms with Gasteiger partial charge in [0.1, 0.15) is 11.6 Å². The van der Waals surface area contributed by atoms with Crippen molar-refractivity contribution >= 4 is 24.0 Å². The molecule has 0 bridgehead atoms. The molecule has 1 aliphatic rings. The normalized spacial score (nSPS) is 18.9. The highest BCUT2D eigenvalue weighted by Gasteiger charge is 2.20. The molecule has 0 aliphatic carbocycles. The lowest BCUT2D eigenvalue weighted by Crippen LogP contribution is -2.42. The molecule has 0 aromatic heterocycles. The van der Waals surface area contributed by atoms with Gasteiger partial charge in [-0.25, -0.2) is 8.78 Å². The van der Waals surface area contributed by atoms with Crippen molar-refractivity contribution in [2.75, 3.05) is 31.5 Å². The molecule has 7 heteroatoms. The van der Waals surface area contributed by atoms with Crippen molar-refractivity contribution in [3.8, 4) is 0 Å². The number of halogens is 3. The van der Waals surface area contributed by atoms with E-state index in [1.54, 1.807) is 0 Å². The van der Waals surface area contributed by atoms with Crippen LogP contribution in [0.1, 0.15) is 12.8 Å². The van der Waals surface area contributed by atoms with Crippen molar-refractivity contribution < 1.29 is 13.6 Å². The quantitative estimate of drug-likeness (QED) is 0.892. The van der Waals surface area contributed by atoms with Crippen LogP contribution in [-0.4, -0.2) is 37.0 Å². The number of hydrogen-bond acceptors (Lipinski definition) is 3. The minimum Gasteiger partial charge on any atom is -0.330 e. The number of likely N-dealkylation sites (tertiary alicyclic amines) is 1. The first-order valence-electron chi connectivity index (χ1n) is 6.76. The van der Waals surface area contributed by atoms with Crippen molar-refractivity contribution in [1.29, 1.82) is 0 Å². The molecular formula is C14H20ClF2N3O. The predicted octanol–water partition coefficient (Wildman–Crippen LogP) is 2.00. The fourth-order valence-electron chi connectivity index (χ4n) is 2.47. The summed E-state index contributed by atoms with van der Waals surface area (Å²) in [6.07, 6.45) is 2.10. The summed E-state index contributed by atoms with van der Waals surface area (Å²) in [6.45, 7) is 2.45.